The van der Waals surface area contributed by atoms with Crippen LogP contribution in [0.5, 0.6) is 0 Å². The SMILES string of the molecule is c1ccc(-c2nn3c(Cn4cnnn4)nnc3s2)cc1. The van der Waals surface area contributed by atoms with E-state index in [-0.39, 0.29) is 0 Å². The van der Waals surface area contributed by atoms with E-state index < -0.39 is 0 Å². The lowest BCUT2D eigenvalue weighted by molar-refractivity contribution is 0.611. The van der Waals surface area contributed by atoms with Crippen LogP contribution >= 0.6 is 11.3 Å². The summed E-state index contributed by atoms with van der Waals surface area (Å²) in [6.07, 6.45) is 1.53. The number of hydrogen-bond donors (Lipinski definition) is 0. The second kappa shape index (κ2) is 4.46. The fraction of sp³-hybridized carbons (Fsp3) is 0.0909. The van der Waals surface area contributed by atoms with Gasteiger partial charge in [0.15, 0.2) is 5.82 Å². The molecule has 1 aromatic carbocycles. The van der Waals surface area contributed by atoms with Crippen LogP contribution < -0.4 is 0 Å². The molecule has 0 aliphatic heterocycles. The van der Waals surface area contributed by atoms with Crippen LogP contribution in [0.2, 0.25) is 0 Å². The van der Waals surface area contributed by atoms with Crippen molar-refractivity contribution in [1.82, 2.24) is 40.0 Å². The minimum atomic E-state index is 0.437. The van der Waals surface area contributed by atoms with Gasteiger partial charge in [-0.05, 0) is 10.4 Å². The first-order valence-corrected chi connectivity index (χ1v) is 6.69. The molecule has 0 aliphatic rings. The molecule has 0 fully saturated rings. The number of fused-ring (bicyclic) bond motifs is 1. The fourth-order valence-electron chi connectivity index (χ4n) is 1.85. The van der Waals surface area contributed by atoms with Crippen molar-refractivity contribution >= 4 is 16.3 Å². The molecule has 0 aliphatic carbocycles. The number of tetrazole rings is 1. The van der Waals surface area contributed by atoms with Crippen LogP contribution in [-0.2, 0) is 6.54 Å². The Morgan fingerprint density at radius 2 is 2.00 bits per heavy atom. The van der Waals surface area contributed by atoms with Gasteiger partial charge in [0.2, 0.25) is 4.96 Å². The summed E-state index contributed by atoms with van der Waals surface area (Å²) in [6, 6.07) is 9.99. The van der Waals surface area contributed by atoms with Crippen LogP contribution in [0.25, 0.3) is 15.5 Å². The van der Waals surface area contributed by atoms with Gasteiger partial charge in [-0.15, -0.1) is 15.3 Å². The quantitative estimate of drug-likeness (QED) is 0.555. The van der Waals surface area contributed by atoms with Crippen LogP contribution in [0.15, 0.2) is 36.7 Å². The third kappa shape index (κ3) is 1.84. The molecular weight excluding hydrogens is 276 g/mol. The third-order valence-corrected chi connectivity index (χ3v) is 3.72. The summed E-state index contributed by atoms with van der Waals surface area (Å²) in [5, 5.41) is 24.7. The van der Waals surface area contributed by atoms with Crippen LogP contribution in [0.4, 0.5) is 0 Å². The second-order valence-electron chi connectivity index (χ2n) is 4.09. The summed E-state index contributed by atoms with van der Waals surface area (Å²) in [5.41, 5.74) is 1.07. The summed E-state index contributed by atoms with van der Waals surface area (Å²) < 4.78 is 3.31. The Balaban J connectivity index is 1.75. The van der Waals surface area contributed by atoms with Crippen LogP contribution in [0.1, 0.15) is 5.82 Å². The van der Waals surface area contributed by atoms with Crippen molar-refractivity contribution in [2.75, 3.05) is 0 Å². The predicted octanol–water partition coefficient (Wildman–Crippen LogP) is 0.888. The molecule has 3 aromatic heterocycles. The van der Waals surface area contributed by atoms with E-state index in [1.807, 2.05) is 30.3 Å². The van der Waals surface area contributed by atoms with E-state index in [1.54, 1.807) is 9.20 Å². The highest BCUT2D eigenvalue weighted by atomic mass is 32.1. The number of aromatic nitrogens is 8. The van der Waals surface area contributed by atoms with Crippen LogP contribution in [-0.4, -0.2) is 40.0 Å². The lowest BCUT2D eigenvalue weighted by Crippen LogP contribution is -2.05. The minimum Gasteiger partial charge on any atom is -0.225 e. The van der Waals surface area contributed by atoms with Crippen molar-refractivity contribution in [3.8, 4) is 10.6 Å². The van der Waals surface area contributed by atoms with Crippen molar-refractivity contribution in [3.63, 3.8) is 0 Å². The number of rotatable bonds is 3. The van der Waals surface area contributed by atoms with Gasteiger partial charge in [-0.25, -0.2) is 4.68 Å². The lowest BCUT2D eigenvalue weighted by atomic mass is 10.2. The minimum absolute atomic E-state index is 0.437. The molecule has 0 radical (unpaired) electrons. The first-order chi connectivity index (χ1) is 9.90. The van der Waals surface area contributed by atoms with Gasteiger partial charge in [-0.3, -0.25) is 0 Å². The Hall–Kier alpha value is -2.68. The van der Waals surface area contributed by atoms with Gasteiger partial charge < -0.3 is 0 Å². The average molecular weight is 284 g/mol. The molecule has 0 atom stereocenters. The normalized spacial score (nSPS) is 11.2. The number of nitrogens with zero attached hydrogens (tertiary/aromatic N) is 8. The fourth-order valence-corrected chi connectivity index (χ4v) is 2.71. The van der Waals surface area contributed by atoms with E-state index in [1.165, 1.54) is 17.7 Å². The van der Waals surface area contributed by atoms with Crippen LogP contribution in [0.3, 0.4) is 0 Å². The topological polar surface area (TPSA) is 86.7 Å². The average Bonchev–Trinajstić information content (AvgIpc) is 3.19. The van der Waals surface area contributed by atoms with Crippen molar-refractivity contribution < 1.29 is 0 Å². The van der Waals surface area contributed by atoms with Gasteiger partial charge in [0, 0.05) is 5.56 Å². The van der Waals surface area contributed by atoms with Gasteiger partial charge in [0.05, 0.1) is 0 Å². The first kappa shape index (κ1) is 11.2. The molecule has 98 valence electrons. The third-order valence-electron chi connectivity index (χ3n) is 2.77. The molecule has 0 N–H and O–H groups in total. The van der Waals surface area contributed by atoms with Gasteiger partial charge >= 0.3 is 0 Å². The zero-order valence-electron chi connectivity index (χ0n) is 10.2. The highest BCUT2D eigenvalue weighted by Gasteiger charge is 2.13. The van der Waals surface area contributed by atoms with E-state index in [4.69, 9.17) is 0 Å². The summed E-state index contributed by atoms with van der Waals surface area (Å²) in [5.74, 6) is 0.700. The molecule has 3 heterocycles. The maximum atomic E-state index is 4.55. The summed E-state index contributed by atoms with van der Waals surface area (Å²) in [7, 11) is 0. The molecule has 20 heavy (non-hydrogen) atoms. The molecule has 4 aromatic rings. The molecule has 4 rings (SSSR count). The van der Waals surface area contributed by atoms with Crippen molar-refractivity contribution in [3.05, 3.63) is 42.5 Å². The van der Waals surface area contributed by atoms with E-state index in [0.29, 0.717) is 12.4 Å². The maximum Gasteiger partial charge on any atom is 0.235 e. The molecule has 0 unspecified atom stereocenters. The Bertz CT molecular complexity index is 832. The Labute approximate surface area is 116 Å². The largest absolute Gasteiger partial charge is 0.235 e. The first-order valence-electron chi connectivity index (χ1n) is 5.87. The predicted molar refractivity (Wildman–Crippen MR) is 71.0 cm³/mol. The Morgan fingerprint density at radius 3 is 2.80 bits per heavy atom. The van der Waals surface area contributed by atoms with E-state index in [9.17, 15) is 0 Å². The molecule has 0 bridgehead atoms. The van der Waals surface area contributed by atoms with Crippen molar-refractivity contribution in [1.29, 1.82) is 0 Å². The molecule has 0 spiro atoms. The standard InChI is InChI=1S/C11H8N8S/c1-2-4-8(5-3-1)10-15-19-9(13-14-11(19)20-10)6-18-7-12-16-17-18/h1-5,7H,6H2. The molecule has 0 amide bonds. The van der Waals surface area contributed by atoms with E-state index >= 15 is 0 Å². The van der Waals surface area contributed by atoms with Crippen LogP contribution in [0, 0.1) is 0 Å². The zero-order chi connectivity index (χ0) is 13.4. The monoisotopic (exact) mass is 284 g/mol. The van der Waals surface area contributed by atoms with E-state index in [0.717, 1.165) is 15.5 Å². The number of hydrogen-bond acceptors (Lipinski definition) is 7. The highest BCUT2D eigenvalue weighted by Crippen LogP contribution is 2.24. The summed E-state index contributed by atoms with van der Waals surface area (Å²) in [4.78, 5) is 0.756. The summed E-state index contributed by atoms with van der Waals surface area (Å²) >= 11 is 1.50. The number of benzene rings is 1. The molecular formula is C11H8N8S. The maximum absolute atomic E-state index is 4.55. The Morgan fingerprint density at radius 1 is 1.10 bits per heavy atom. The molecule has 0 saturated carbocycles. The summed E-state index contributed by atoms with van der Waals surface area (Å²) in [6.45, 7) is 0.437. The van der Waals surface area contributed by atoms with Gasteiger partial charge in [0.1, 0.15) is 17.9 Å². The van der Waals surface area contributed by atoms with Gasteiger partial charge in [-0.1, -0.05) is 41.7 Å². The van der Waals surface area contributed by atoms with Crippen molar-refractivity contribution in [2.24, 2.45) is 0 Å². The highest BCUT2D eigenvalue weighted by molar-refractivity contribution is 7.19. The second-order valence-corrected chi connectivity index (χ2v) is 5.05. The smallest absolute Gasteiger partial charge is 0.225 e. The molecule has 0 saturated heterocycles. The lowest BCUT2D eigenvalue weighted by Gasteiger charge is -1.95. The van der Waals surface area contributed by atoms with Gasteiger partial charge in [-0.2, -0.15) is 9.61 Å². The molecule has 8 nitrogen and oxygen atoms in total. The zero-order valence-corrected chi connectivity index (χ0v) is 11.0. The van der Waals surface area contributed by atoms with Crippen molar-refractivity contribution in [2.45, 2.75) is 6.54 Å². The Kier molecular flexibility index (Phi) is 2.49. The molecule has 9 heteroatoms. The van der Waals surface area contributed by atoms with E-state index in [2.05, 4.69) is 30.8 Å². The van der Waals surface area contributed by atoms with Gasteiger partial charge in [0.25, 0.3) is 0 Å².